The van der Waals surface area contributed by atoms with E-state index in [1.54, 1.807) is 13.8 Å². The zero-order valence-corrected chi connectivity index (χ0v) is 20.5. The van der Waals surface area contributed by atoms with E-state index in [-0.39, 0.29) is 16.8 Å². The van der Waals surface area contributed by atoms with E-state index in [9.17, 15) is 18.0 Å². The lowest BCUT2D eigenvalue weighted by atomic mass is 9.78. The van der Waals surface area contributed by atoms with Crippen LogP contribution in [0.2, 0.25) is 0 Å². The zero-order valence-electron chi connectivity index (χ0n) is 19.7. The molecule has 0 radical (unpaired) electrons. The fourth-order valence-corrected chi connectivity index (χ4v) is 6.03. The molecule has 1 fully saturated rings. The summed E-state index contributed by atoms with van der Waals surface area (Å²) in [5.41, 5.74) is 3.01. The maximum absolute atomic E-state index is 13.0. The summed E-state index contributed by atoms with van der Waals surface area (Å²) in [6.07, 6.45) is 3.13. The van der Waals surface area contributed by atoms with Crippen LogP contribution in [0.5, 0.6) is 0 Å². The molecule has 0 spiro atoms. The number of esters is 1. The molecule has 7 nitrogen and oxygen atoms in total. The Balaban J connectivity index is 1.97. The van der Waals surface area contributed by atoms with Gasteiger partial charge in [-0.25, -0.2) is 8.42 Å². The molecule has 1 aliphatic carbocycles. The highest BCUT2D eigenvalue weighted by atomic mass is 32.2. The number of sulfonamides is 1. The number of ether oxygens (including phenoxy) is 1. The molecule has 2 N–H and O–H groups in total. The summed E-state index contributed by atoms with van der Waals surface area (Å²) < 4.78 is 33.4. The van der Waals surface area contributed by atoms with Crippen LogP contribution in [0.1, 0.15) is 62.3 Å². The molecule has 1 amide bonds. The van der Waals surface area contributed by atoms with E-state index < -0.39 is 28.6 Å². The summed E-state index contributed by atoms with van der Waals surface area (Å²) in [7, 11) is -3.94. The zero-order chi connectivity index (χ0) is 23.5. The largest absolute Gasteiger partial charge is 0.454 e. The Morgan fingerprint density at radius 3 is 2.26 bits per heavy atom. The van der Waals surface area contributed by atoms with Crippen molar-refractivity contribution in [3.63, 3.8) is 0 Å². The monoisotopic (exact) mass is 452 g/mol. The molecule has 4 atom stereocenters. The van der Waals surface area contributed by atoms with Gasteiger partial charge in [-0.05, 0) is 75.1 Å². The summed E-state index contributed by atoms with van der Waals surface area (Å²) >= 11 is 0. The first-order valence-corrected chi connectivity index (χ1v) is 12.4. The second-order valence-electron chi connectivity index (χ2n) is 8.98. The highest BCUT2D eigenvalue weighted by Crippen LogP contribution is 2.29. The van der Waals surface area contributed by atoms with Crippen LogP contribution in [0.3, 0.4) is 0 Å². The molecule has 0 saturated heterocycles. The summed E-state index contributed by atoms with van der Waals surface area (Å²) in [4.78, 5) is 24.8. The van der Waals surface area contributed by atoms with E-state index >= 15 is 0 Å². The third-order valence-electron chi connectivity index (χ3n) is 6.65. The van der Waals surface area contributed by atoms with Crippen LogP contribution in [0.15, 0.2) is 11.0 Å². The molecule has 31 heavy (non-hydrogen) atoms. The molecule has 0 bridgehead atoms. The number of carbonyl (C=O) groups is 2. The van der Waals surface area contributed by atoms with E-state index in [1.165, 1.54) is 6.92 Å². The Labute approximate surface area is 186 Å². The van der Waals surface area contributed by atoms with Crippen molar-refractivity contribution in [2.75, 3.05) is 6.61 Å². The standard InChI is InChI=1S/C23H36N2O5S/c1-13-9-8-10-20(16(13)4)24-21(26)12-30-23(27)19(7)25-31(28,29)22-17(5)14(2)11-15(3)18(22)6/h11,13,16,19-20,25H,8-10,12H2,1-7H3,(H,24,26)/t13-,16+,19-,20+/m0/s1. The van der Waals surface area contributed by atoms with E-state index in [2.05, 4.69) is 23.9 Å². The quantitative estimate of drug-likeness (QED) is 0.619. The van der Waals surface area contributed by atoms with Gasteiger partial charge in [0.05, 0.1) is 4.90 Å². The first-order valence-electron chi connectivity index (χ1n) is 10.9. The van der Waals surface area contributed by atoms with Crippen molar-refractivity contribution in [1.29, 1.82) is 0 Å². The van der Waals surface area contributed by atoms with Crippen LogP contribution in [-0.2, 0) is 24.3 Å². The Bertz CT molecular complexity index is 916. The lowest BCUT2D eigenvalue weighted by molar-refractivity contribution is -0.150. The second kappa shape index (κ2) is 10.1. The van der Waals surface area contributed by atoms with Gasteiger partial charge in [-0.3, -0.25) is 9.59 Å². The second-order valence-corrected chi connectivity index (χ2v) is 10.6. The fourth-order valence-electron chi connectivity index (χ4n) is 4.22. The third kappa shape index (κ3) is 6.07. The Hall–Kier alpha value is -1.93. The smallest absolute Gasteiger partial charge is 0.324 e. The van der Waals surface area contributed by atoms with E-state index in [1.807, 2.05) is 19.9 Å². The molecule has 174 valence electrons. The van der Waals surface area contributed by atoms with Crippen LogP contribution in [-0.4, -0.2) is 39.0 Å². The number of amides is 1. The minimum Gasteiger partial charge on any atom is -0.454 e. The topological polar surface area (TPSA) is 102 Å². The van der Waals surface area contributed by atoms with Crippen molar-refractivity contribution in [2.24, 2.45) is 11.8 Å². The highest BCUT2D eigenvalue weighted by Gasteiger charge is 2.30. The third-order valence-corrected chi connectivity index (χ3v) is 8.46. The molecule has 2 rings (SSSR count). The van der Waals surface area contributed by atoms with Crippen molar-refractivity contribution in [1.82, 2.24) is 10.0 Å². The first kappa shape index (κ1) is 25.3. The molecule has 0 aromatic heterocycles. The van der Waals surface area contributed by atoms with E-state index in [0.717, 1.165) is 30.4 Å². The Morgan fingerprint density at radius 2 is 1.68 bits per heavy atom. The van der Waals surface area contributed by atoms with Crippen LogP contribution in [0, 0.1) is 39.5 Å². The number of rotatable bonds is 7. The first-order chi connectivity index (χ1) is 14.3. The number of carbonyl (C=O) groups excluding carboxylic acids is 2. The number of hydrogen-bond acceptors (Lipinski definition) is 5. The molecule has 0 unspecified atom stereocenters. The number of nitrogens with one attached hydrogen (secondary N) is 2. The number of benzene rings is 1. The molecule has 0 aliphatic heterocycles. The minimum atomic E-state index is -3.94. The van der Waals surface area contributed by atoms with Gasteiger partial charge < -0.3 is 10.1 Å². The molecule has 8 heteroatoms. The lowest BCUT2D eigenvalue weighted by Gasteiger charge is -2.34. The molecule has 1 aromatic carbocycles. The van der Waals surface area contributed by atoms with Gasteiger partial charge in [0.1, 0.15) is 6.04 Å². The summed E-state index contributed by atoms with van der Waals surface area (Å²) in [6, 6.07) is 0.890. The van der Waals surface area contributed by atoms with Crippen molar-refractivity contribution < 1.29 is 22.7 Å². The van der Waals surface area contributed by atoms with Gasteiger partial charge in [0.15, 0.2) is 6.61 Å². The van der Waals surface area contributed by atoms with Gasteiger partial charge >= 0.3 is 5.97 Å². The Kier molecular flexibility index (Phi) is 8.27. The van der Waals surface area contributed by atoms with Crippen molar-refractivity contribution >= 4 is 21.9 Å². The maximum atomic E-state index is 13.0. The van der Waals surface area contributed by atoms with E-state index in [0.29, 0.717) is 23.0 Å². The van der Waals surface area contributed by atoms with Crippen LogP contribution < -0.4 is 10.0 Å². The van der Waals surface area contributed by atoms with Gasteiger partial charge in [0.2, 0.25) is 10.0 Å². The number of hydrogen-bond donors (Lipinski definition) is 2. The van der Waals surface area contributed by atoms with Gasteiger partial charge in [-0.2, -0.15) is 4.72 Å². The van der Waals surface area contributed by atoms with Gasteiger partial charge in [0, 0.05) is 6.04 Å². The molecule has 1 aliphatic rings. The lowest BCUT2D eigenvalue weighted by Crippen LogP contribution is -2.46. The summed E-state index contributed by atoms with van der Waals surface area (Å²) in [5, 5.41) is 2.94. The maximum Gasteiger partial charge on any atom is 0.324 e. The Morgan fingerprint density at radius 1 is 1.10 bits per heavy atom. The van der Waals surface area contributed by atoms with Crippen LogP contribution >= 0.6 is 0 Å². The van der Waals surface area contributed by atoms with Crippen LogP contribution in [0.4, 0.5) is 0 Å². The van der Waals surface area contributed by atoms with Crippen LogP contribution in [0.25, 0.3) is 0 Å². The molecular weight excluding hydrogens is 416 g/mol. The minimum absolute atomic E-state index is 0.0707. The summed E-state index contributed by atoms with van der Waals surface area (Å²) in [6.45, 7) is 12.5. The summed E-state index contributed by atoms with van der Waals surface area (Å²) in [5.74, 6) is -0.254. The van der Waals surface area contributed by atoms with E-state index in [4.69, 9.17) is 4.74 Å². The molecule has 0 heterocycles. The SMILES string of the molecule is Cc1cc(C)c(C)c(S(=O)(=O)N[C@@H](C)C(=O)OCC(=O)N[C@@H]2CCC[C@H](C)[C@H]2C)c1C. The molecule has 1 saturated carbocycles. The average molecular weight is 453 g/mol. The normalized spacial score (nSPS) is 22.6. The predicted octanol–water partition coefficient (Wildman–Crippen LogP) is 3.07. The highest BCUT2D eigenvalue weighted by molar-refractivity contribution is 7.89. The van der Waals surface area contributed by atoms with Crippen molar-refractivity contribution in [3.05, 3.63) is 28.3 Å². The van der Waals surface area contributed by atoms with Crippen molar-refractivity contribution in [2.45, 2.75) is 84.7 Å². The van der Waals surface area contributed by atoms with Gasteiger partial charge in [-0.15, -0.1) is 0 Å². The van der Waals surface area contributed by atoms with Gasteiger partial charge in [0.25, 0.3) is 5.91 Å². The predicted molar refractivity (Wildman–Crippen MR) is 120 cm³/mol. The number of aryl methyl sites for hydroxylation is 2. The van der Waals surface area contributed by atoms with Crippen molar-refractivity contribution in [3.8, 4) is 0 Å². The fraction of sp³-hybridized carbons (Fsp3) is 0.652. The molecular formula is C23H36N2O5S. The van der Waals surface area contributed by atoms with Gasteiger partial charge in [-0.1, -0.05) is 32.8 Å². The molecule has 1 aromatic rings. The average Bonchev–Trinajstić information content (AvgIpc) is 2.67.